The van der Waals surface area contributed by atoms with Crippen LogP contribution in [0.25, 0.3) is 0 Å². The van der Waals surface area contributed by atoms with Crippen molar-refractivity contribution in [1.82, 2.24) is 4.90 Å². The Hall–Kier alpha value is -0.0800. The van der Waals surface area contributed by atoms with Crippen LogP contribution in [0.3, 0.4) is 0 Å². The molecule has 1 aliphatic rings. The Morgan fingerprint density at radius 3 is 2.39 bits per heavy atom. The minimum atomic E-state index is 0.789. The average Bonchev–Trinajstić information content (AvgIpc) is 3.11. The minimum absolute atomic E-state index is 0.789. The Kier molecular flexibility index (Phi) is 7.92. The van der Waals surface area contributed by atoms with Crippen molar-refractivity contribution in [1.29, 1.82) is 0 Å². The lowest BCUT2D eigenvalue weighted by molar-refractivity contribution is 0.239. The number of nitrogens with two attached hydrogens (primary N) is 1. The van der Waals surface area contributed by atoms with Crippen LogP contribution in [0.15, 0.2) is 0 Å². The van der Waals surface area contributed by atoms with Crippen molar-refractivity contribution in [3.63, 3.8) is 0 Å². The molecule has 1 unspecified atom stereocenters. The molecule has 1 rings (SSSR count). The molecule has 1 saturated carbocycles. The molecule has 0 saturated heterocycles. The predicted octanol–water partition coefficient (Wildman–Crippen LogP) is 3.51. The van der Waals surface area contributed by atoms with Crippen molar-refractivity contribution in [2.24, 2.45) is 23.5 Å². The maximum absolute atomic E-state index is 5.71. The lowest BCUT2D eigenvalue weighted by Gasteiger charge is -2.24. The number of hydrogen-bond acceptors (Lipinski definition) is 2. The van der Waals surface area contributed by atoms with Crippen LogP contribution in [0.4, 0.5) is 0 Å². The van der Waals surface area contributed by atoms with Crippen LogP contribution in [-0.4, -0.2) is 31.1 Å². The quantitative estimate of drug-likeness (QED) is 0.611. The van der Waals surface area contributed by atoms with E-state index in [2.05, 4.69) is 25.7 Å². The maximum Gasteiger partial charge on any atom is 0.000966 e. The van der Waals surface area contributed by atoms with E-state index in [4.69, 9.17) is 5.73 Å². The second-order valence-electron chi connectivity index (χ2n) is 6.47. The first-order chi connectivity index (χ1) is 8.67. The van der Waals surface area contributed by atoms with Crippen molar-refractivity contribution in [3.05, 3.63) is 0 Å². The molecule has 2 nitrogen and oxygen atoms in total. The van der Waals surface area contributed by atoms with Gasteiger partial charge in [-0.2, -0.15) is 0 Å². The van der Waals surface area contributed by atoms with Gasteiger partial charge in [0.1, 0.15) is 0 Å². The van der Waals surface area contributed by atoms with Gasteiger partial charge in [-0.05, 0) is 75.9 Å². The largest absolute Gasteiger partial charge is 0.330 e. The summed E-state index contributed by atoms with van der Waals surface area (Å²) < 4.78 is 0. The van der Waals surface area contributed by atoms with E-state index in [9.17, 15) is 0 Å². The molecule has 2 N–H and O–H groups in total. The van der Waals surface area contributed by atoms with Crippen molar-refractivity contribution >= 4 is 0 Å². The van der Waals surface area contributed by atoms with E-state index in [0.717, 1.165) is 24.3 Å². The maximum atomic E-state index is 5.71. The average molecular weight is 254 g/mol. The lowest BCUT2D eigenvalue weighted by atomic mass is 9.88. The molecule has 0 radical (unpaired) electrons. The molecule has 1 fully saturated rings. The molecule has 0 heterocycles. The van der Waals surface area contributed by atoms with E-state index in [0.29, 0.717) is 0 Å². The molecular formula is C16H34N2. The molecular weight excluding hydrogens is 220 g/mol. The zero-order chi connectivity index (χ0) is 13.4. The number of rotatable bonds is 11. The fourth-order valence-electron chi connectivity index (χ4n) is 2.88. The molecule has 0 aliphatic heterocycles. The molecule has 18 heavy (non-hydrogen) atoms. The Bertz CT molecular complexity index is 199. The topological polar surface area (TPSA) is 29.3 Å². The third-order valence-electron chi connectivity index (χ3n) is 4.28. The zero-order valence-corrected chi connectivity index (χ0v) is 12.8. The fraction of sp³-hybridized carbons (Fsp3) is 1.00. The summed E-state index contributed by atoms with van der Waals surface area (Å²) in [6.07, 6.45) is 8.16. The summed E-state index contributed by atoms with van der Waals surface area (Å²) in [5.41, 5.74) is 5.71. The second-order valence-corrected chi connectivity index (χ2v) is 6.47. The smallest absolute Gasteiger partial charge is 0.000966 e. The molecule has 0 aromatic heterocycles. The van der Waals surface area contributed by atoms with Gasteiger partial charge in [0, 0.05) is 6.54 Å². The molecule has 1 aliphatic carbocycles. The summed E-state index contributed by atoms with van der Waals surface area (Å²) >= 11 is 0. The van der Waals surface area contributed by atoms with Crippen LogP contribution >= 0.6 is 0 Å². The van der Waals surface area contributed by atoms with Crippen LogP contribution in [0, 0.1) is 17.8 Å². The second kappa shape index (κ2) is 8.92. The fourth-order valence-corrected chi connectivity index (χ4v) is 2.88. The summed E-state index contributed by atoms with van der Waals surface area (Å²) in [5, 5.41) is 0. The highest BCUT2D eigenvalue weighted by Gasteiger charge is 2.23. The highest BCUT2D eigenvalue weighted by atomic mass is 15.1. The summed E-state index contributed by atoms with van der Waals surface area (Å²) in [6, 6.07) is 0. The van der Waals surface area contributed by atoms with E-state index in [1.54, 1.807) is 0 Å². The predicted molar refractivity (Wildman–Crippen MR) is 80.7 cm³/mol. The molecule has 2 heteroatoms. The van der Waals surface area contributed by atoms with Gasteiger partial charge in [-0.1, -0.05) is 20.8 Å². The normalized spacial score (nSPS) is 17.7. The summed E-state index contributed by atoms with van der Waals surface area (Å²) in [6.45, 7) is 11.8. The Balaban J connectivity index is 2.18. The van der Waals surface area contributed by atoms with Crippen molar-refractivity contribution in [3.8, 4) is 0 Å². The standard InChI is InChI=1S/C16H34N2/c1-4-11-18(13-15-7-8-15)12-5-6-16(9-10-17)14(2)3/h14-16H,4-13,17H2,1-3H3. The van der Waals surface area contributed by atoms with Crippen LogP contribution in [-0.2, 0) is 0 Å². The Morgan fingerprint density at radius 1 is 1.17 bits per heavy atom. The van der Waals surface area contributed by atoms with Crippen molar-refractivity contribution in [2.45, 2.75) is 59.3 Å². The van der Waals surface area contributed by atoms with E-state index in [-0.39, 0.29) is 0 Å². The lowest BCUT2D eigenvalue weighted by Crippen LogP contribution is -2.28. The minimum Gasteiger partial charge on any atom is -0.330 e. The summed E-state index contributed by atoms with van der Waals surface area (Å²) in [5.74, 6) is 2.65. The van der Waals surface area contributed by atoms with Crippen molar-refractivity contribution in [2.75, 3.05) is 26.2 Å². The first kappa shape index (κ1) is 16.0. The van der Waals surface area contributed by atoms with E-state index >= 15 is 0 Å². The molecule has 0 amide bonds. The Morgan fingerprint density at radius 2 is 1.89 bits per heavy atom. The molecule has 0 bridgehead atoms. The van der Waals surface area contributed by atoms with Gasteiger partial charge in [0.05, 0.1) is 0 Å². The van der Waals surface area contributed by atoms with Crippen LogP contribution in [0.2, 0.25) is 0 Å². The van der Waals surface area contributed by atoms with Gasteiger partial charge in [-0.25, -0.2) is 0 Å². The number of hydrogen-bond donors (Lipinski definition) is 1. The van der Waals surface area contributed by atoms with Crippen molar-refractivity contribution < 1.29 is 0 Å². The highest BCUT2D eigenvalue weighted by Crippen LogP contribution is 2.30. The van der Waals surface area contributed by atoms with Crippen LogP contribution in [0.5, 0.6) is 0 Å². The van der Waals surface area contributed by atoms with Gasteiger partial charge < -0.3 is 10.6 Å². The monoisotopic (exact) mass is 254 g/mol. The van der Waals surface area contributed by atoms with Crippen LogP contribution in [0.1, 0.15) is 59.3 Å². The van der Waals surface area contributed by atoms with Crippen LogP contribution < -0.4 is 5.73 Å². The van der Waals surface area contributed by atoms with Gasteiger partial charge in [-0.3, -0.25) is 0 Å². The van der Waals surface area contributed by atoms with Gasteiger partial charge in [-0.15, -0.1) is 0 Å². The van der Waals surface area contributed by atoms with Gasteiger partial charge in [0.2, 0.25) is 0 Å². The van der Waals surface area contributed by atoms with Gasteiger partial charge in [0.15, 0.2) is 0 Å². The molecule has 0 aromatic rings. The number of nitrogens with zero attached hydrogens (tertiary/aromatic N) is 1. The SMILES string of the molecule is CCCN(CCCC(CCN)C(C)C)CC1CC1. The molecule has 1 atom stereocenters. The third kappa shape index (κ3) is 6.75. The molecule has 108 valence electrons. The van der Waals surface area contributed by atoms with Gasteiger partial charge in [0.25, 0.3) is 0 Å². The Labute approximate surface area is 114 Å². The van der Waals surface area contributed by atoms with E-state index in [1.165, 1.54) is 58.2 Å². The summed E-state index contributed by atoms with van der Waals surface area (Å²) in [4.78, 5) is 2.69. The first-order valence-corrected chi connectivity index (χ1v) is 8.09. The first-order valence-electron chi connectivity index (χ1n) is 8.09. The summed E-state index contributed by atoms with van der Waals surface area (Å²) in [7, 11) is 0. The van der Waals surface area contributed by atoms with Gasteiger partial charge >= 0.3 is 0 Å². The van der Waals surface area contributed by atoms with E-state index < -0.39 is 0 Å². The highest BCUT2D eigenvalue weighted by molar-refractivity contribution is 4.77. The molecule has 0 aromatic carbocycles. The third-order valence-corrected chi connectivity index (χ3v) is 4.28. The molecule has 0 spiro atoms. The van der Waals surface area contributed by atoms with E-state index in [1.807, 2.05) is 0 Å². The zero-order valence-electron chi connectivity index (χ0n) is 12.8.